The van der Waals surface area contributed by atoms with Crippen LogP contribution in [0.15, 0.2) is 0 Å². The number of halogens is 3. The number of hydrogen-bond acceptors (Lipinski definition) is 2. The fraction of sp³-hybridized carbons (Fsp3) is 1.00. The number of hydrogen-bond donors (Lipinski definition) is 0. The molecule has 1 saturated carbocycles. The Morgan fingerprint density at radius 3 is 2.18 bits per heavy atom. The van der Waals surface area contributed by atoms with Crippen molar-refractivity contribution in [3.8, 4) is 0 Å². The first-order valence-corrected chi connectivity index (χ1v) is 6.32. The second-order valence-electron chi connectivity index (χ2n) is 5.66. The van der Waals surface area contributed by atoms with Crippen molar-refractivity contribution >= 4 is 0 Å². The van der Waals surface area contributed by atoms with E-state index in [1.54, 1.807) is 0 Å². The van der Waals surface area contributed by atoms with Crippen molar-refractivity contribution in [3.63, 3.8) is 0 Å². The summed E-state index contributed by atoms with van der Waals surface area (Å²) in [6.45, 7) is 2.22. The first kappa shape index (κ1) is 13.1. The topological polar surface area (TPSA) is 6.48 Å². The molecule has 100 valence electrons. The van der Waals surface area contributed by atoms with Crippen molar-refractivity contribution in [2.24, 2.45) is 11.8 Å². The van der Waals surface area contributed by atoms with Crippen LogP contribution in [-0.2, 0) is 0 Å². The molecular formula is C12H21F3N2. The number of likely N-dealkylation sites (tertiary alicyclic amines) is 1. The predicted octanol–water partition coefficient (Wildman–Crippen LogP) is 2.21. The summed E-state index contributed by atoms with van der Waals surface area (Å²) < 4.78 is 36.7. The van der Waals surface area contributed by atoms with Crippen molar-refractivity contribution in [3.05, 3.63) is 0 Å². The van der Waals surface area contributed by atoms with Gasteiger partial charge in [-0.1, -0.05) is 0 Å². The minimum atomic E-state index is -4.03. The van der Waals surface area contributed by atoms with Gasteiger partial charge < -0.3 is 9.80 Å². The zero-order valence-corrected chi connectivity index (χ0v) is 10.5. The molecule has 0 aromatic carbocycles. The maximum absolute atomic E-state index is 12.2. The number of fused-ring (bicyclic) bond motifs is 2. The summed E-state index contributed by atoms with van der Waals surface area (Å²) in [4.78, 5) is 4.26. The van der Waals surface area contributed by atoms with E-state index in [0.717, 1.165) is 13.1 Å². The Morgan fingerprint density at radius 2 is 1.71 bits per heavy atom. The second-order valence-corrected chi connectivity index (χ2v) is 5.66. The minimum Gasteiger partial charge on any atom is -0.306 e. The van der Waals surface area contributed by atoms with Gasteiger partial charge in [0.1, 0.15) is 0 Å². The average Bonchev–Trinajstić information content (AvgIpc) is 2.47. The van der Waals surface area contributed by atoms with E-state index in [1.807, 2.05) is 11.9 Å². The summed E-state index contributed by atoms with van der Waals surface area (Å²) in [6, 6.07) is 0.369. The number of nitrogens with zero attached hydrogens (tertiary/aromatic N) is 2. The van der Waals surface area contributed by atoms with Crippen molar-refractivity contribution in [2.75, 3.05) is 33.7 Å². The number of piperidine rings is 1. The third kappa shape index (κ3) is 3.13. The molecule has 0 spiro atoms. The lowest BCUT2D eigenvalue weighted by Gasteiger charge is -2.41. The third-order valence-corrected chi connectivity index (χ3v) is 4.22. The first-order chi connectivity index (χ1) is 7.87. The Kier molecular flexibility index (Phi) is 3.69. The van der Waals surface area contributed by atoms with E-state index in [2.05, 4.69) is 11.9 Å². The Labute approximate surface area is 101 Å². The zero-order valence-electron chi connectivity index (χ0n) is 10.5. The molecule has 1 saturated heterocycles. The number of alkyl halides is 3. The van der Waals surface area contributed by atoms with E-state index in [1.165, 1.54) is 12.8 Å². The van der Waals surface area contributed by atoms with Gasteiger partial charge in [-0.05, 0) is 38.8 Å². The normalized spacial score (nSPS) is 34.6. The highest BCUT2D eigenvalue weighted by Gasteiger charge is 2.43. The van der Waals surface area contributed by atoms with Crippen LogP contribution in [0.5, 0.6) is 0 Å². The van der Waals surface area contributed by atoms with Crippen molar-refractivity contribution in [2.45, 2.75) is 31.5 Å². The molecule has 1 aliphatic carbocycles. The third-order valence-electron chi connectivity index (χ3n) is 4.22. The van der Waals surface area contributed by atoms with Gasteiger partial charge in [-0.3, -0.25) is 0 Å². The summed E-state index contributed by atoms with van der Waals surface area (Å²) >= 11 is 0. The molecular weight excluding hydrogens is 229 g/mol. The SMILES string of the molecule is CN1C[C@H]2CC[C@@H](C1)C2N(C)CCC(F)(F)F. The van der Waals surface area contributed by atoms with E-state index in [0.29, 0.717) is 17.9 Å². The first-order valence-electron chi connectivity index (χ1n) is 6.32. The standard InChI is InChI=1S/C12H21F3N2/c1-16-7-9-3-4-10(8-16)11(9)17(2)6-5-12(13,14)15/h9-11H,3-8H2,1-2H3/t9-,10+,11?. The van der Waals surface area contributed by atoms with Gasteiger partial charge in [0.05, 0.1) is 6.42 Å². The van der Waals surface area contributed by atoms with Crippen LogP contribution in [0.4, 0.5) is 13.2 Å². The van der Waals surface area contributed by atoms with Crippen LogP contribution in [0, 0.1) is 11.8 Å². The van der Waals surface area contributed by atoms with Crippen LogP contribution in [0.3, 0.4) is 0 Å². The van der Waals surface area contributed by atoms with Crippen LogP contribution in [-0.4, -0.2) is 55.7 Å². The zero-order chi connectivity index (χ0) is 12.6. The van der Waals surface area contributed by atoms with Gasteiger partial charge in [0.15, 0.2) is 0 Å². The molecule has 2 aliphatic rings. The summed E-state index contributed by atoms with van der Waals surface area (Å²) in [6.07, 6.45) is -2.36. The van der Waals surface area contributed by atoms with Gasteiger partial charge in [0.25, 0.3) is 0 Å². The van der Waals surface area contributed by atoms with E-state index in [9.17, 15) is 13.2 Å². The monoisotopic (exact) mass is 250 g/mol. The molecule has 5 heteroatoms. The Balaban J connectivity index is 1.90. The molecule has 2 bridgehead atoms. The quantitative estimate of drug-likeness (QED) is 0.757. The lowest BCUT2D eigenvalue weighted by molar-refractivity contribution is -0.139. The van der Waals surface area contributed by atoms with Crippen LogP contribution >= 0.6 is 0 Å². The fourth-order valence-corrected chi connectivity index (χ4v) is 3.60. The van der Waals surface area contributed by atoms with Crippen LogP contribution in [0.25, 0.3) is 0 Å². The molecule has 1 aliphatic heterocycles. The maximum atomic E-state index is 12.2. The van der Waals surface area contributed by atoms with Gasteiger partial charge in [0.2, 0.25) is 0 Å². The van der Waals surface area contributed by atoms with Gasteiger partial charge in [0, 0.05) is 25.7 Å². The van der Waals surface area contributed by atoms with E-state index < -0.39 is 12.6 Å². The van der Waals surface area contributed by atoms with E-state index in [-0.39, 0.29) is 6.54 Å². The smallest absolute Gasteiger partial charge is 0.306 e. The molecule has 1 unspecified atom stereocenters. The molecule has 17 heavy (non-hydrogen) atoms. The molecule has 0 aromatic rings. The van der Waals surface area contributed by atoms with Crippen molar-refractivity contribution < 1.29 is 13.2 Å². The largest absolute Gasteiger partial charge is 0.390 e. The second kappa shape index (κ2) is 4.76. The molecule has 2 fully saturated rings. The predicted molar refractivity (Wildman–Crippen MR) is 60.8 cm³/mol. The summed E-state index contributed by atoms with van der Waals surface area (Å²) in [5.74, 6) is 1.13. The molecule has 0 aromatic heterocycles. The molecule has 1 heterocycles. The molecule has 0 radical (unpaired) electrons. The lowest BCUT2D eigenvalue weighted by atomic mass is 9.91. The molecule has 0 N–H and O–H groups in total. The van der Waals surface area contributed by atoms with Crippen molar-refractivity contribution in [1.82, 2.24) is 9.80 Å². The fourth-order valence-electron chi connectivity index (χ4n) is 3.60. The van der Waals surface area contributed by atoms with Crippen molar-refractivity contribution in [1.29, 1.82) is 0 Å². The van der Waals surface area contributed by atoms with E-state index in [4.69, 9.17) is 0 Å². The Bertz CT molecular complexity index is 253. The summed E-state index contributed by atoms with van der Waals surface area (Å²) in [7, 11) is 3.96. The molecule has 3 atom stereocenters. The lowest BCUT2D eigenvalue weighted by Crippen LogP contribution is -2.50. The number of rotatable bonds is 3. The molecule has 2 rings (SSSR count). The van der Waals surface area contributed by atoms with Gasteiger partial charge in [-0.25, -0.2) is 0 Å². The van der Waals surface area contributed by atoms with Crippen LogP contribution in [0.1, 0.15) is 19.3 Å². The highest BCUT2D eigenvalue weighted by atomic mass is 19.4. The maximum Gasteiger partial charge on any atom is 0.390 e. The van der Waals surface area contributed by atoms with Gasteiger partial charge >= 0.3 is 6.18 Å². The summed E-state index contributed by atoms with van der Waals surface area (Å²) in [5, 5.41) is 0. The van der Waals surface area contributed by atoms with E-state index >= 15 is 0 Å². The highest BCUT2D eigenvalue weighted by molar-refractivity contribution is 4.97. The Hall–Kier alpha value is -0.290. The van der Waals surface area contributed by atoms with Gasteiger partial charge in [-0.2, -0.15) is 13.2 Å². The highest BCUT2D eigenvalue weighted by Crippen LogP contribution is 2.39. The Morgan fingerprint density at radius 1 is 1.18 bits per heavy atom. The molecule has 0 amide bonds. The molecule has 2 nitrogen and oxygen atoms in total. The van der Waals surface area contributed by atoms with Gasteiger partial charge in [-0.15, -0.1) is 0 Å². The van der Waals surface area contributed by atoms with Crippen LogP contribution in [0.2, 0.25) is 0 Å². The average molecular weight is 250 g/mol. The van der Waals surface area contributed by atoms with Crippen LogP contribution < -0.4 is 0 Å². The minimum absolute atomic E-state index is 0.144. The summed E-state index contributed by atoms with van der Waals surface area (Å²) in [5.41, 5.74) is 0.